The van der Waals surface area contributed by atoms with Crippen LogP contribution in [0.25, 0.3) is 0 Å². The molecular formula is C29H48O. The predicted molar refractivity (Wildman–Crippen MR) is 126 cm³/mol. The van der Waals surface area contributed by atoms with Crippen molar-refractivity contribution in [3.05, 3.63) is 11.6 Å². The molecule has 0 aromatic rings. The number of aliphatic hydroxyl groups excluding tert-OH is 1. The Bertz CT molecular complexity index is 720. The summed E-state index contributed by atoms with van der Waals surface area (Å²) >= 11 is 0. The first-order valence-corrected chi connectivity index (χ1v) is 13.4. The third kappa shape index (κ3) is 2.57. The van der Waals surface area contributed by atoms with Crippen LogP contribution >= 0.6 is 0 Å². The van der Waals surface area contributed by atoms with Crippen molar-refractivity contribution >= 4 is 0 Å². The lowest BCUT2D eigenvalue weighted by molar-refractivity contribution is -0.142. The molecule has 0 unspecified atom stereocenters. The zero-order valence-electron chi connectivity index (χ0n) is 20.8. The molecule has 5 rings (SSSR count). The predicted octanol–water partition coefficient (Wildman–Crippen LogP) is 7.78. The van der Waals surface area contributed by atoms with Gasteiger partial charge in [-0.15, -0.1) is 0 Å². The largest absolute Gasteiger partial charge is 0.393 e. The number of aliphatic hydroxyl groups is 1. The van der Waals surface area contributed by atoms with Gasteiger partial charge in [-0.25, -0.2) is 0 Å². The second-order valence-electron chi connectivity index (χ2n) is 13.5. The van der Waals surface area contributed by atoms with Crippen LogP contribution in [0.2, 0.25) is 0 Å². The van der Waals surface area contributed by atoms with Gasteiger partial charge >= 0.3 is 0 Å². The maximum atomic E-state index is 10.6. The van der Waals surface area contributed by atoms with E-state index in [2.05, 4.69) is 47.6 Å². The maximum absolute atomic E-state index is 10.6. The second kappa shape index (κ2) is 6.85. The highest BCUT2D eigenvalue weighted by Crippen LogP contribution is 2.88. The van der Waals surface area contributed by atoms with Crippen molar-refractivity contribution in [2.45, 2.75) is 118 Å². The molecule has 0 heterocycles. The average molecular weight is 413 g/mol. The fourth-order valence-corrected chi connectivity index (χ4v) is 10.8. The lowest BCUT2D eigenvalue weighted by Gasteiger charge is -2.62. The van der Waals surface area contributed by atoms with E-state index in [0.717, 1.165) is 30.1 Å². The molecule has 5 fully saturated rings. The van der Waals surface area contributed by atoms with Crippen molar-refractivity contribution in [3.63, 3.8) is 0 Å². The summed E-state index contributed by atoms with van der Waals surface area (Å²) in [5.41, 5.74) is 3.84. The normalized spacial score (nSPS) is 55.0. The van der Waals surface area contributed by atoms with Gasteiger partial charge in [0.1, 0.15) is 0 Å². The van der Waals surface area contributed by atoms with Crippen molar-refractivity contribution in [1.82, 2.24) is 0 Å². The Morgan fingerprint density at radius 1 is 0.967 bits per heavy atom. The van der Waals surface area contributed by atoms with Gasteiger partial charge in [-0.2, -0.15) is 0 Å². The molecule has 170 valence electrons. The lowest BCUT2D eigenvalue weighted by atomic mass is 9.43. The zero-order chi connectivity index (χ0) is 21.5. The molecule has 0 bridgehead atoms. The monoisotopic (exact) mass is 412 g/mol. The molecule has 0 aliphatic heterocycles. The first-order valence-electron chi connectivity index (χ1n) is 13.4. The SMILES string of the molecule is CC(C)=CCC[C@@H](C)[C@H]1CC[C@@]2(C)[C@@H]3CC[C@H]4[C@H](C)[C@@H](O)CC[C@@]45C[C@@]35CC[C@]12C. The molecule has 0 aromatic carbocycles. The average Bonchev–Trinajstić information content (AvgIpc) is 3.27. The summed E-state index contributed by atoms with van der Waals surface area (Å²) in [7, 11) is 0. The van der Waals surface area contributed by atoms with Gasteiger partial charge in [-0.05, 0) is 136 Å². The molecule has 1 nitrogen and oxygen atoms in total. The molecule has 0 amide bonds. The quantitative estimate of drug-likeness (QED) is 0.467. The molecule has 5 aliphatic carbocycles. The van der Waals surface area contributed by atoms with Gasteiger partial charge in [0.05, 0.1) is 6.10 Å². The molecule has 10 atom stereocenters. The van der Waals surface area contributed by atoms with Crippen molar-refractivity contribution in [2.75, 3.05) is 0 Å². The molecule has 1 N–H and O–H groups in total. The fraction of sp³-hybridized carbons (Fsp3) is 0.931. The molecule has 0 aromatic heterocycles. The number of rotatable bonds is 4. The standard InChI is InChI=1S/C29H48O/c1-19(2)8-7-9-20(3)22-12-14-27(6)25-11-10-23-21(4)24(30)13-15-28(23)18-29(25,28)17-16-26(22,27)5/h8,20-25,30H,7,9-18H2,1-6H3/t20-,21+,22-,23+,24+,25+,26-,27+,28-,29+/m1/s1. The Morgan fingerprint density at radius 3 is 2.47 bits per heavy atom. The van der Waals surface area contributed by atoms with Crippen LogP contribution in [0, 0.1) is 51.2 Å². The summed E-state index contributed by atoms with van der Waals surface area (Å²) in [5, 5.41) is 10.6. The highest BCUT2D eigenvalue weighted by Gasteiger charge is 2.81. The smallest absolute Gasteiger partial charge is 0.0568 e. The van der Waals surface area contributed by atoms with Crippen LogP contribution in [0.4, 0.5) is 0 Å². The molecular weight excluding hydrogens is 364 g/mol. The van der Waals surface area contributed by atoms with Crippen LogP contribution in [0.3, 0.4) is 0 Å². The van der Waals surface area contributed by atoms with Gasteiger partial charge in [-0.1, -0.05) is 39.3 Å². The van der Waals surface area contributed by atoms with Gasteiger partial charge in [0.15, 0.2) is 0 Å². The van der Waals surface area contributed by atoms with Gasteiger partial charge in [-0.3, -0.25) is 0 Å². The van der Waals surface area contributed by atoms with Crippen LogP contribution in [0.1, 0.15) is 112 Å². The summed E-state index contributed by atoms with van der Waals surface area (Å²) in [6.07, 6.45) is 17.8. The van der Waals surface area contributed by atoms with Gasteiger partial charge in [0.2, 0.25) is 0 Å². The van der Waals surface area contributed by atoms with Crippen molar-refractivity contribution < 1.29 is 5.11 Å². The Kier molecular flexibility index (Phi) is 4.92. The zero-order valence-corrected chi connectivity index (χ0v) is 20.8. The van der Waals surface area contributed by atoms with Crippen molar-refractivity contribution in [1.29, 1.82) is 0 Å². The number of fused-ring (bicyclic) bond motifs is 2. The first kappa shape index (κ1) is 21.5. The Balaban J connectivity index is 1.39. The van der Waals surface area contributed by atoms with E-state index in [1.54, 1.807) is 0 Å². The molecule has 0 radical (unpaired) electrons. The lowest BCUT2D eigenvalue weighted by Crippen LogP contribution is -2.55. The minimum atomic E-state index is -0.0308. The molecule has 0 saturated heterocycles. The molecule has 1 heteroatoms. The summed E-state index contributed by atoms with van der Waals surface area (Å²) in [5.74, 6) is 4.08. The highest BCUT2D eigenvalue weighted by atomic mass is 16.3. The minimum absolute atomic E-state index is 0.0308. The Morgan fingerprint density at radius 2 is 1.73 bits per heavy atom. The van der Waals surface area contributed by atoms with E-state index in [0.29, 0.717) is 27.6 Å². The van der Waals surface area contributed by atoms with E-state index < -0.39 is 0 Å². The third-order valence-electron chi connectivity index (χ3n) is 12.6. The van der Waals surface area contributed by atoms with Crippen LogP contribution < -0.4 is 0 Å². The highest BCUT2D eigenvalue weighted by molar-refractivity contribution is 5.29. The summed E-state index contributed by atoms with van der Waals surface area (Å²) in [6.45, 7) is 14.9. The molecule has 30 heavy (non-hydrogen) atoms. The second-order valence-corrected chi connectivity index (χ2v) is 13.5. The van der Waals surface area contributed by atoms with E-state index >= 15 is 0 Å². The van der Waals surface area contributed by atoms with Crippen LogP contribution in [-0.4, -0.2) is 11.2 Å². The van der Waals surface area contributed by atoms with Crippen molar-refractivity contribution in [3.8, 4) is 0 Å². The summed E-state index contributed by atoms with van der Waals surface area (Å²) in [6, 6.07) is 0. The molecule has 5 saturated carbocycles. The summed E-state index contributed by atoms with van der Waals surface area (Å²) < 4.78 is 0. The third-order valence-corrected chi connectivity index (χ3v) is 12.6. The van der Waals surface area contributed by atoms with Gasteiger partial charge in [0.25, 0.3) is 0 Å². The van der Waals surface area contributed by atoms with Crippen LogP contribution in [0.5, 0.6) is 0 Å². The van der Waals surface area contributed by atoms with Crippen LogP contribution in [-0.2, 0) is 0 Å². The number of hydrogen-bond acceptors (Lipinski definition) is 1. The van der Waals surface area contributed by atoms with E-state index in [1.807, 2.05) is 0 Å². The fourth-order valence-electron chi connectivity index (χ4n) is 10.8. The summed E-state index contributed by atoms with van der Waals surface area (Å²) in [4.78, 5) is 0. The van der Waals surface area contributed by atoms with E-state index in [9.17, 15) is 5.11 Å². The van der Waals surface area contributed by atoms with Gasteiger partial charge < -0.3 is 5.11 Å². The Hall–Kier alpha value is -0.300. The first-order chi connectivity index (χ1) is 14.1. The Labute approximate surface area is 186 Å². The number of allylic oxidation sites excluding steroid dienone is 2. The topological polar surface area (TPSA) is 20.2 Å². The van der Waals surface area contributed by atoms with Crippen molar-refractivity contribution in [2.24, 2.45) is 51.2 Å². The number of hydrogen-bond donors (Lipinski definition) is 1. The maximum Gasteiger partial charge on any atom is 0.0568 e. The molecule has 2 spiro atoms. The van der Waals surface area contributed by atoms with E-state index in [4.69, 9.17) is 0 Å². The molecule has 5 aliphatic rings. The van der Waals surface area contributed by atoms with Gasteiger partial charge in [0, 0.05) is 0 Å². The minimum Gasteiger partial charge on any atom is -0.393 e. The van der Waals surface area contributed by atoms with E-state index in [-0.39, 0.29) is 6.10 Å². The van der Waals surface area contributed by atoms with E-state index in [1.165, 1.54) is 69.8 Å². The van der Waals surface area contributed by atoms with Crippen LogP contribution in [0.15, 0.2) is 11.6 Å².